The van der Waals surface area contributed by atoms with E-state index in [0.717, 1.165) is 16.8 Å². The lowest BCUT2D eigenvalue weighted by Gasteiger charge is -2.05. The maximum absolute atomic E-state index is 11.4. The van der Waals surface area contributed by atoms with Gasteiger partial charge in [0.15, 0.2) is 0 Å². The molecular formula is C17H15NO. The smallest absolute Gasteiger partial charge is 0.224 e. The Morgan fingerprint density at radius 2 is 1.68 bits per heavy atom. The first kappa shape index (κ1) is 12.9. The average Bonchev–Trinajstić information content (AvgIpc) is 2.47. The van der Waals surface area contributed by atoms with Crippen molar-refractivity contribution in [1.82, 2.24) is 0 Å². The molecule has 2 aromatic rings. The van der Waals surface area contributed by atoms with Gasteiger partial charge in [-0.25, -0.2) is 0 Å². The first-order valence-corrected chi connectivity index (χ1v) is 6.25. The van der Waals surface area contributed by atoms with Gasteiger partial charge in [0.25, 0.3) is 0 Å². The molecule has 1 N–H and O–H groups in total. The minimum Gasteiger partial charge on any atom is -0.325 e. The van der Waals surface area contributed by atoms with Crippen LogP contribution in [-0.2, 0) is 4.79 Å². The Hall–Kier alpha value is -2.53. The molecule has 2 nitrogen and oxygen atoms in total. The molecule has 2 aromatic carbocycles. The van der Waals surface area contributed by atoms with Crippen LogP contribution in [0.2, 0.25) is 0 Å². The summed E-state index contributed by atoms with van der Waals surface area (Å²) >= 11 is 0. The van der Waals surface area contributed by atoms with E-state index in [0.29, 0.717) is 6.42 Å². The third-order valence-electron chi connectivity index (χ3n) is 2.64. The normalized spacial score (nSPS) is 9.32. The van der Waals surface area contributed by atoms with Crippen molar-refractivity contribution in [3.63, 3.8) is 0 Å². The fourth-order valence-corrected chi connectivity index (χ4v) is 1.60. The largest absolute Gasteiger partial charge is 0.325 e. The van der Waals surface area contributed by atoms with Gasteiger partial charge in [-0.3, -0.25) is 4.79 Å². The maximum Gasteiger partial charge on any atom is 0.224 e. The SMILES string of the molecule is CCC(=O)Nc1ccccc1C#Cc1ccccc1. The van der Waals surface area contributed by atoms with Crippen LogP contribution < -0.4 is 5.32 Å². The zero-order valence-corrected chi connectivity index (χ0v) is 10.8. The maximum atomic E-state index is 11.4. The Balaban J connectivity index is 2.26. The fraction of sp³-hybridized carbons (Fsp3) is 0.118. The van der Waals surface area contributed by atoms with E-state index in [1.807, 2.05) is 61.5 Å². The van der Waals surface area contributed by atoms with Crippen molar-refractivity contribution in [2.24, 2.45) is 0 Å². The van der Waals surface area contributed by atoms with Crippen LogP contribution in [0.5, 0.6) is 0 Å². The summed E-state index contributed by atoms with van der Waals surface area (Å²) in [5, 5.41) is 2.86. The second-order valence-corrected chi connectivity index (χ2v) is 4.06. The molecule has 0 spiro atoms. The summed E-state index contributed by atoms with van der Waals surface area (Å²) in [4.78, 5) is 11.4. The lowest BCUT2D eigenvalue weighted by Crippen LogP contribution is -2.10. The number of rotatable bonds is 2. The summed E-state index contributed by atoms with van der Waals surface area (Å²) in [7, 11) is 0. The first-order valence-electron chi connectivity index (χ1n) is 6.25. The highest BCUT2D eigenvalue weighted by atomic mass is 16.1. The minimum absolute atomic E-state index is 0.00559. The molecular weight excluding hydrogens is 234 g/mol. The van der Waals surface area contributed by atoms with E-state index in [-0.39, 0.29) is 5.91 Å². The Morgan fingerprint density at radius 3 is 2.42 bits per heavy atom. The fourth-order valence-electron chi connectivity index (χ4n) is 1.60. The number of carbonyl (C=O) groups excluding carboxylic acids is 1. The molecule has 0 atom stereocenters. The van der Waals surface area contributed by atoms with Crippen LogP contribution in [0, 0.1) is 11.8 Å². The molecule has 0 heterocycles. The van der Waals surface area contributed by atoms with Crippen molar-refractivity contribution >= 4 is 11.6 Å². The third kappa shape index (κ3) is 3.72. The summed E-state index contributed by atoms with van der Waals surface area (Å²) in [6.45, 7) is 1.83. The Labute approximate surface area is 113 Å². The van der Waals surface area contributed by atoms with Crippen molar-refractivity contribution < 1.29 is 4.79 Å². The molecule has 0 fully saturated rings. The Bertz CT molecular complexity index is 620. The molecule has 0 aliphatic carbocycles. The van der Waals surface area contributed by atoms with E-state index in [1.165, 1.54) is 0 Å². The van der Waals surface area contributed by atoms with Gasteiger partial charge in [0.1, 0.15) is 0 Å². The highest BCUT2D eigenvalue weighted by Gasteiger charge is 2.02. The van der Waals surface area contributed by atoms with E-state index in [1.54, 1.807) is 0 Å². The lowest BCUT2D eigenvalue weighted by atomic mass is 10.1. The van der Waals surface area contributed by atoms with Gasteiger partial charge < -0.3 is 5.32 Å². The van der Waals surface area contributed by atoms with Crippen molar-refractivity contribution in [2.75, 3.05) is 5.32 Å². The Kier molecular flexibility index (Phi) is 4.36. The molecule has 0 saturated carbocycles. The molecule has 0 aromatic heterocycles. The van der Waals surface area contributed by atoms with Crippen LogP contribution >= 0.6 is 0 Å². The Morgan fingerprint density at radius 1 is 1.00 bits per heavy atom. The predicted molar refractivity (Wildman–Crippen MR) is 77.8 cm³/mol. The van der Waals surface area contributed by atoms with Gasteiger partial charge in [0, 0.05) is 17.5 Å². The minimum atomic E-state index is -0.00559. The van der Waals surface area contributed by atoms with Gasteiger partial charge in [-0.05, 0) is 24.3 Å². The molecule has 94 valence electrons. The monoisotopic (exact) mass is 249 g/mol. The first-order chi connectivity index (χ1) is 9.29. The summed E-state index contributed by atoms with van der Waals surface area (Å²) < 4.78 is 0. The molecule has 0 unspecified atom stereocenters. The number of anilines is 1. The van der Waals surface area contributed by atoms with Gasteiger partial charge in [0.2, 0.25) is 5.91 Å². The van der Waals surface area contributed by atoms with Crippen LogP contribution in [0.3, 0.4) is 0 Å². The number of benzene rings is 2. The molecule has 0 aliphatic rings. The quantitative estimate of drug-likeness (QED) is 0.812. The van der Waals surface area contributed by atoms with Gasteiger partial charge in [-0.2, -0.15) is 0 Å². The zero-order valence-electron chi connectivity index (χ0n) is 10.8. The van der Waals surface area contributed by atoms with E-state index in [9.17, 15) is 4.79 Å². The van der Waals surface area contributed by atoms with Crippen LogP contribution in [-0.4, -0.2) is 5.91 Å². The number of hydrogen-bond donors (Lipinski definition) is 1. The predicted octanol–water partition coefficient (Wildman–Crippen LogP) is 3.43. The highest BCUT2D eigenvalue weighted by Crippen LogP contribution is 2.14. The van der Waals surface area contributed by atoms with Gasteiger partial charge in [-0.15, -0.1) is 0 Å². The van der Waals surface area contributed by atoms with Gasteiger partial charge >= 0.3 is 0 Å². The van der Waals surface area contributed by atoms with E-state index < -0.39 is 0 Å². The number of nitrogens with one attached hydrogen (secondary N) is 1. The van der Waals surface area contributed by atoms with Crippen LogP contribution in [0.25, 0.3) is 0 Å². The number of hydrogen-bond acceptors (Lipinski definition) is 1. The second-order valence-electron chi connectivity index (χ2n) is 4.06. The molecule has 0 radical (unpaired) electrons. The zero-order chi connectivity index (χ0) is 13.5. The van der Waals surface area contributed by atoms with Gasteiger partial charge in [0.05, 0.1) is 5.69 Å². The van der Waals surface area contributed by atoms with Gasteiger partial charge in [-0.1, -0.05) is 49.1 Å². The molecule has 19 heavy (non-hydrogen) atoms. The molecule has 0 saturated heterocycles. The van der Waals surface area contributed by atoms with Crippen molar-refractivity contribution in [3.05, 3.63) is 65.7 Å². The second kappa shape index (κ2) is 6.42. The van der Waals surface area contributed by atoms with E-state index in [4.69, 9.17) is 0 Å². The highest BCUT2D eigenvalue weighted by molar-refractivity contribution is 5.91. The summed E-state index contributed by atoms with van der Waals surface area (Å²) in [6.07, 6.45) is 0.459. The standard InChI is InChI=1S/C17H15NO/c1-2-17(19)18-16-11-7-6-10-15(16)13-12-14-8-4-3-5-9-14/h3-11H,2H2,1H3,(H,18,19). The molecule has 2 rings (SSSR count). The average molecular weight is 249 g/mol. The third-order valence-corrected chi connectivity index (χ3v) is 2.64. The molecule has 1 amide bonds. The van der Waals surface area contributed by atoms with Crippen molar-refractivity contribution in [1.29, 1.82) is 0 Å². The van der Waals surface area contributed by atoms with Crippen LogP contribution in [0.1, 0.15) is 24.5 Å². The van der Waals surface area contributed by atoms with Crippen LogP contribution in [0.4, 0.5) is 5.69 Å². The summed E-state index contributed by atoms with van der Waals surface area (Å²) in [5.41, 5.74) is 2.55. The topological polar surface area (TPSA) is 29.1 Å². The van der Waals surface area contributed by atoms with E-state index in [2.05, 4.69) is 17.2 Å². The van der Waals surface area contributed by atoms with Crippen molar-refractivity contribution in [2.45, 2.75) is 13.3 Å². The summed E-state index contributed by atoms with van der Waals surface area (Å²) in [6, 6.07) is 17.4. The van der Waals surface area contributed by atoms with E-state index >= 15 is 0 Å². The molecule has 0 aliphatic heterocycles. The lowest BCUT2D eigenvalue weighted by molar-refractivity contribution is -0.115. The number of para-hydroxylation sites is 1. The number of carbonyl (C=O) groups is 1. The molecule has 0 bridgehead atoms. The van der Waals surface area contributed by atoms with Crippen LogP contribution in [0.15, 0.2) is 54.6 Å². The summed E-state index contributed by atoms with van der Waals surface area (Å²) in [5.74, 6) is 6.18. The number of amides is 1. The van der Waals surface area contributed by atoms with Crippen molar-refractivity contribution in [3.8, 4) is 11.8 Å². The molecule has 2 heteroatoms.